The van der Waals surface area contributed by atoms with E-state index in [4.69, 9.17) is 11.6 Å². The van der Waals surface area contributed by atoms with E-state index in [1.807, 2.05) is 23.5 Å². The predicted molar refractivity (Wildman–Crippen MR) is 109 cm³/mol. The number of quaternary nitrogens is 2. The summed E-state index contributed by atoms with van der Waals surface area (Å²) in [6.07, 6.45) is 0. The van der Waals surface area contributed by atoms with Crippen LogP contribution in [0.4, 0.5) is 5.69 Å². The first-order valence-corrected chi connectivity index (χ1v) is 9.77. The molecule has 5 nitrogen and oxygen atoms in total. The van der Waals surface area contributed by atoms with Gasteiger partial charge in [0.2, 0.25) is 0 Å². The largest absolute Gasteiger partial charge is 0.334 e. The first kappa shape index (κ1) is 21.1. The Bertz CT molecular complexity index is 761. The molecule has 1 amide bonds. The number of rotatable bonds is 10. The third kappa shape index (κ3) is 6.47. The van der Waals surface area contributed by atoms with Gasteiger partial charge in [-0.3, -0.25) is 9.59 Å². The zero-order chi connectivity index (χ0) is 19.6. The lowest BCUT2D eigenvalue weighted by Crippen LogP contribution is -3.14. The number of ketones is 1. The van der Waals surface area contributed by atoms with Crippen LogP contribution in [0.2, 0.25) is 5.02 Å². The lowest BCUT2D eigenvalue weighted by atomic mass is 10.0. The second kappa shape index (κ2) is 10.8. The maximum Gasteiger partial charge on any atom is 0.279 e. The highest BCUT2D eigenvalue weighted by Crippen LogP contribution is 2.23. The summed E-state index contributed by atoms with van der Waals surface area (Å²) < 4.78 is 0. The van der Waals surface area contributed by atoms with Crippen LogP contribution in [0, 0.1) is 0 Å². The van der Waals surface area contributed by atoms with Crippen molar-refractivity contribution < 1.29 is 19.8 Å². The zero-order valence-electron chi connectivity index (χ0n) is 15.9. The standard InChI is InChI=1S/C21H26ClN3O2/c1-3-25(4-2)13-12-23-15-20(26)24-19-11-10-17(22)14-18(19)21(27)16-8-6-5-7-9-16/h5-11,14,23H,3-4,12-13,15H2,1-2H3,(H,24,26)/p+2. The summed E-state index contributed by atoms with van der Waals surface area (Å²) in [5, 5.41) is 5.30. The van der Waals surface area contributed by atoms with E-state index >= 15 is 0 Å². The van der Waals surface area contributed by atoms with Gasteiger partial charge in [-0.2, -0.15) is 0 Å². The molecule has 0 aliphatic carbocycles. The minimum absolute atomic E-state index is 0.131. The molecular formula is C21H28ClN3O2+2. The Hall–Kier alpha value is -2.21. The van der Waals surface area contributed by atoms with Crippen molar-refractivity contribution in [2.24, 2.45) is 0 Å². The van der Waals surface area contributed by atoms with Crippen LogP contribution in [0.25, 0.3) is 0 Å². The van der Waals surface area contributed by atoms with Crippen molar-refractivity contribution in [3.05, 3.63) is 64.7 Å². The fourth-order valence-corrected chi connectivity index (χ4v) is 3.07. The predicted octanol–water partition coefficient (Wildman–Crippen LogP) is 0.998. The molecule has 0 spiro atoms. The maximum absolute atomic E-state index is 12.8. The number of carbonyl (C=O) groups is 2. The van der Waals surface area contributed by atoms with Crippen LogP contribution in [0.15, 0.2) is 48.5 Å². The summed E-state index contributed by atoms with van der Waals surface area (Å²) in [4.78, 5) is 26.6. The van der Waals surface area contributed by atoms with Gasteiger partial charge in [0.05, 0.1) is 18.8 Å². The van der Waals surface area contributed by atoms with Crippen LogP contribution < -0.4 is 15.5 Å². The highest BCUT2D eigenvalue weighted by Gasteiger charge is 2.16. The number of hydrogen-bond acceptors (Lipinski definition) is 2. The number of anilines is 1. The van der Waals surface area contributed by atoms with Gasteiger partial charge >= 0.3 is 0 Å². The minimum Gasteiger partial charge on any atom is -0.334 e. The van der Waals surface area contributed by atoms with Crippen molar-refractivity contribution in [2.75, 3.05) is 38.0 Å². The lowest BCUT2D eigenvalue weighted by Gasteiger charge is -2.14. The Morgan fingerprint density at radius 2 is 1.78 bits per heavy atom. The lowest BCUT2D eigenvalue weighted by molar-refractivity contribution is -0.908. The summed E-state index contributed by atoms with van der Waals surface area (Å²) in [6, 6.07) is 13.9. The Morgan fingerprint density at radius 1 is 1.07 bits per heavy atom. The van der Waals surface area contributed by atoms with Crippen molar-refractivity contribution in [2.45, 2.75) is 13.8 Å². The van der Waals surface area contributed by atoms with Gasteiger partial charge in [0.1, 0.15) is 13.1 Å². The van der Waals surface area contributed by atoms with E-state index in [1.165, 1.54) is 4.90 Å². The fraction of sp³-hybridized carbons (Fsp3) is 0.333. The van der Waals surface area contributed by atoms with Crippen molar-refractivity contribution in [1.82, 2.24) is 0 Å². The van der Waals surface area contributed by atoms with Gasteiger partial charge < -0.3 is 15.5 Å². The van der Waals surface area contributed by atoms with E-state index in [1.54, 1.807) is 30.3 Å². The fourth-order valence-electron chi connectivity index (χ4n) is 2.90. The number of nitrogens with one attached hydrogen (secondary N) is 2. The third-order valence-electron chi connectivity index (χ3n) is 4.57. The van der Waals surface area contributed by atoms with E-state index in [9.17, 15) is 9.59 Å². The molecule has 27 heavy (non-hydrogen) atoms. The molecule has 0 saturated carbocycles. The summed E-state index contributed by atoms with van der Waals surface area (Å²) in [5.74, 6) is -0.295. The minimum atomic E-state index is -0.164. The van der Waals surface area contributed by atoms with Crippen molar-refractivity contribution in [3.63, 3.8) is 0 Å². The molecule has 144 valence electrons. The van der Waals surface area contributed by atoms with Crippen molar-refractivity contribution >= 4 is 29.0 Å². The Balaban J connectivity index is 2.00. The molecule has 0 atom stereocenters. The molecular weight excluding hydrogens is 362 g/mol. The topological polar surface area (TPSA) is 67.2 Å². The van der Waals surface area contributed by atoms with Crippen LogP contribution in [-0.4, -0.2) is 44.4 Å². The molecule has 0 heterocycles. The van der Waals surface area contributed by atoms with Crippen LogP contribution in [0.3, 0.4) is 0 Å². The summed E-state index contributed by atoms with van der Waals surface area (Å²) in [6.45, 7) is 8.75. The average Bonchev–Trinajstić information content (AvgIpc) is 2.69. The highest BCUT2D eigenvalue weighted by molar-refractivity contribution is 6.31. The van der Waals surface area contributed by atoms with Gasteiger partial charge in [0, 0.05) is 16.1 Å². The van der Waals surface area contributed by atoms with Gasteiger partial charge in [0.25, 0.3) is 5.91 Å². The Morgan fingerprint density at radius 3 is 2.44 bits per heavy atom. The van der Waals surface area contributed by atoms with Gasteiger partial charge in [-0.25, -0.2) is 0 Å². The summed E-state index contributed by atoms with van der Waals surface area (Å²) in [5.41, 5.74) is 1.44. The monoisotopic (exact) mass is 389 g/mol. The van der Waals surface area contributed by atoms with Crippen molar-refractivity contribution in [1.29, 1.82) is 0 Å². The van der Waals surface area contributed by atoms with Gasteiger partial charge in [-0.05, 0) is 32.0 Å². The normalized spacial score (nSPS) is 10.8. The Labute approximate surface area is 165 Å². The summed E-state index contributed by atoms with van der Waals surface area (Å²) in [7, 11) is 0. The molecule has 2 aromatic carbocycles. The molecule has 0 unspecified atom stereocenters. The van der Waals surface area contributed by atoms with Crippen LogP contribution >= 0.6 is 11.6 Å². The van der Waals surface area contributed by atoms with E-state index < -0.39 is 0 Å². The molecule has 4 N–H and O–H groups in total. The van der Waals surface area contributed by atoms with Gasteiger partial charge in [0.15, 0.2) is 12.3 Å². The molecule has 0 aromatic heterocycles. The number of likely N-dealkylation sites (N-methyl/N-ethyl adjacent to an activating group) is 1. The number of benzene rings is 2. The SMILES string of the molecule is CC[NH+](CC)CC[NH2+]CC(=O)Nc1ccc(Cl)cc1C(=O)c1ccccc1. The zero-order valence-corrected chi connectivity index (χ0v) is 16.7. The molecule has 0 bridgehead atoms. The second-order valence-electron chi connectivity index (χ2n) is 6.42. The molecule has 0 saturated heterocycles. The average molecular weight is 390 g/mol. The number of carbonyl (C=O) groups excluding carboxylic acids is 2. The van der Waals surface area contributed by atoms with E-state index in [-0.39, 0.29) is 11.7 Å². The number of hydrogen-bond donors (Lipinski definition) is 3. The smallest absolute Gasteiger partial charge is 0.279 e. The molecule has 6 heteroatoms. The molecule has 0 aliphatic rings. The summed E-state index contributed by atoms with van der Waals surface area (Å²) >= 11 is 6.07. The molecule has 0 fully saturated rings. The van der Waals surface area contributed by atoms with Crippen molar-refractivity contribution in [3.8, 4) is 0 Å². The second-order valence-corrected chi connectivity index (χ2v) is 6.86. The van der Waals surface area contributed by atoms with E-state index in [0.29, 0.717) is 28.4 Å². The number of nitrogens with two attached hydrogens (primary N) is 1. The van der Waals surface area contributed by atoms with Gasteiger partial charge in [-0.1, -0.05) is 41.9 Å². The highest BCUT2D eigenvalue weighted by atomic mass is 35.5. The first-order chi connectivity index (χ1) is 13.0. The maximum atomic E-state index is 12.8. The van der Waals surface area contributed by atoms with Gasteiger partial charge in [-0.15, -0.1) is 0 Å². The molecule has 0 radical (unpaired) electrons. The third-order valence-corrected chi connectivity index (χ3v) is 4.80. The molecule has 0 aliphatic heterocycles. The number of halogens is 1. The van der Waals surface area contributed by atoms with Crippen LogP contribution in [0.1, 0.15) is 29.8 Å². The first-order valence-electron chi connectivity index (χ1n) is 9.39. The quantitative estimate of drug-likeness (QED) is 0.419. The van der Waals surface area contributed by atoms with Crippen LogP contribution in [-0.2, 0) is 4.79 Å². The molecule has 2 rings (SSSR count). The number of amides is 1. The van der Waals surface area contributed by atoms with Crippen LogP contribution in [0.5, 0.6) is 0 Å². The van der Waals surface area contributed by atoms with E-state index in [2.05, 4.69) is 19.2 Å². The Kier molecular flexibility index (Phi) is 8.45. The van der Waals surface area contributed by atoms with E-state index in [0.717, 1.165) is 26.2 Å². The molecule has 2 aromatic rings.